The van der Waals surface area contributed by atoms with Gasteiger partial charge in [-0.25, -0.2) is 4.39 Å². The van der Waals surface area contributed by atoms with Crippen molar-refractivity contribution in [3.63, 3.8) is 0 Å². The monoisotopic (exact) mass is 279 g/mol. The van der Waals surface area contributed by atoms with Gasteiger partial charge >= 0.3 is 0 Å². The molecule has 1 aliphatic rings. The Morgan fingerprint density at radius 1 is 1.40 bits per heavy atom. The lowest BCUT2D eigenvalue weighted by atomic mass is 9.92. The summed E-state index contributed by atoms with van der Waals surface area (Å²) in [6, 6.07) is 3.98. The summed E-state index contributed by atoms with van der Waals surface area (Å²) in [6.07, 6.45) is 1.20. The van der Waals surface area contributed by atoms with Gasteiger partial charge in [0.2, 0.25) is 5.91 Å². The second-order valence-corrected chi connectivity index (χ2v) is 5.92. The predicted octanol–water partition coefficient (Wildman–Crippen LogP) is 2.32. The number of hydrogen-bond acceptors (Lipinski definition) is 3. The van der Waals surface area contributed by atoms with Crippen LogP contribution in [0.25, 0.3) is 0 Å². The molecule has 0 spiro atoms. The molecule has 1 heterocycles. The first-order valence-corrected chi connectivity index (χ1v) is 7.01. The Bertz CT molecular complexity index is 482. The van der Waals surface area contributed by atoms with Crippen molar-refractivity contribution in [2.75, 3.05) is 30.7 Å². The highest BCUT2D eigenvalue weighted by atomic mass is 19.1. The Morgan fingerprint density at radius 3 is 2.70 bits per heavy atom. The minimum atomic E-state index is -0.408. The van der Waals surface area contributed by atoms with E-state index >= 15 is 0 Å². The van der Waals surface area contributed by atoms with Crippen molar-refractivity contribution in [2.45, 2.75) is 20.3 Å². The van der Waals surface area contributed by atoms with Gasteiger partial charge in [-0.2, -0.15) is 0 Å². The molecule has 4 nitrogen and oxygen atoms in total. The molecule has 0 aromatic heterocycles. The van der Waals surface area contributed by atoms with Gasteiger partial charge in [0.05, 0.1) is 17.9 Å². The number of nitrogen functional groups attached to an aromatic ring is 1. The molecule has 0 aliphatic carbocycles. The van der Waals surface area contributed by atoms with Gasteiger partial charge < -0.3 is 11.1 Å². The van der Waals surface area contributed by atoms with Gasteiger partial charge in [0, 0.05) is 13.1 Å². The number of halogens is 1. The average molecular weight is 279 g/mol. The number of anilines is 2. The van der Waals surface area contributed by atoms with E-state index in [0.29, 0.717) is 29.8 Å². The topological polar surface area (TPSA) is 58.4 Å². The molecule has 1 aromatic rings. The van der Waals surface area contributed by atoms with Crippen LogP contribution in [0.15, 0.2) is 18.2 Å². The summed E-state index contributed by atoms with van der Waals surface area (Å²) < 4.78 is 13.1. The van der Waals surface area contributed by atoms with Crippen molar-refractivity contribution in [1.82, 2.24) is 4.90 Å². The van der Waals surface area contributed by atoms with Crippen LogP contribution in [0.1, 0.15) is 20.3 Å². The van der Waals surface area contributed by atoms with E-state index in [1.807, 2.05) is 0 Å². The molecule has 110 valence electrons. The molecule has 2 atom stereocenters. The Labute approximate surface area is 119 Å². The normalized spacial score (nSPS) is 23.6. The average Bonchev–Trinajstić information content (AvgIpc) is 2.32. The highest BCUT2D eigenvalue weighted by molar-refractivity contribution is 5.95. The van der Waals surface area contributed by atoms with E-state index in [-0.39, 0.29) is 5.91 Å². The number of piperidine rings is 1. The van der Waals surface area contributed by atoms with Gasteiger partial charge in [-0.3, -0.25) is 9.69 Å². The zero-order valence-electron chi connectivity index (χ0n) is 12.0. The van der Waals surface area contributed by atoms with Gasteiger partial charge in [-0.1, -0.05) is 13.8 Å². The lowest BCUT2D eigenvalue weighted by Crippen LogP contribution is -2.42. The van der Waals surface area contributed by atoms with E-state index in [2.05, 4.69) is 24.1 Å². The Kier molecular flexibility index (Phi) is 4.60. The van der Waals surface area contributed by atoms with Crippen LogP contribution < -0.4 is 11.1 Å². The molecule has 1 aliphatic heterocycles. The van der Waals surface area contributed by atoms with Crippen LogP contribution in [0.3, 0.4) is 0 Å². The summed E-state index contributed by atoms with van der Waals surface area (Å²) >= 11 is 0. The van der Waals surface area contributed by atoms with Gasteiger partial charge in [-0.15, -0.1) is 0 Å². The third kappa shape index (κ3) is 3.93. The quantitative estimate of drug-likeness (QED) is 0.835. The molecule has 2 unspecified atom stereocenters. The second-order valence-electron chi connectivity index (χ2n) is 5.92. The summed E-state index contributed by atoms with van der Waals surface area (Å²) in [4.78, 5) is 14.2. The summed E-state index contributed by atoms with van der Waals surface area (Å²) in [5.41, 5.74) is 6.44. The molecule has 0 radical (unpaired) electrons. The maximum absolute atomic E-state index is 13.1. The first-order chi connectivity index (χ1) is 9.44. The van der Waals surface area contributed by atoms with Gasteiger partial charge in [0.25, 0.3) is 0 Å². The van der Waals surface area contributed by atoms with Crippen molar-refractivity contribution in [3.8, 4) is 0 Å². The summed E-state index contributed by atoms with van der Waals surface area (Å²) in [5, 5.41) is 2.68. The number of likely N-dealkylation sites (tertiary alicyclic amines) is 1. The standard InChI is InChI=1S/C15H22FN3O/c1-10-5-11(2)8-19(7-10)9-15(20)18-14-6-12(16)3-4-13(14)17/h3-4,6,10-11H,5,7-9,17H2,1-2H3,(H,18,20). The van der Waals surface area contributed by atoms with Crippen molar-refractivity contribution in [2.24, 2.45) is 11.8 Å². The van der Waals surface area contributed by atoms with Crippen LogP contribution >= 0.6 is 0 Å². The van der Waals surface area contributed by atoms with Crippen molar-refractivity contribution in [1.29, 1.82) is 0 Å². The van der Waals surface area contributed by atoms with E-state index in [0.717, 1.165) is 13.1 Å². The van der Waals surface area contributed by atoms with Crippen LogP contribution in [0.2, 0.25) is 0 Å². The van der Waals surface area contributed by atoms with Gasteiger partial charge in [-0.05, 0) is 36.5 Å². The molecule has 0 bridgehead atoms. The van der Waals surface area contributed by atoms with E-state index in [4.69, 9.17) is 5.73 Å². The SMILES string of the molecule is CC1CC(C)CN(CC(=O)Nc2cc(F)ccc2N)C1. The molecular weight excluding hydrogens is 257 g/mol. The number of carbonyl (C=O) groups is 1. The molecule has 5 heteroatoms. The minimum absolute atomic E-state index is 0.149. The number of nitrogens with two attached hydrogens (primary N) is 1. The number of amides is 1. The zero-order chi connectivity index (χ0) is 14.7. The van der Waals surface area contributed by atoms with Crippen molar-refractivity contribution in [3.05, 3.63) is 24.0 Å². The number of benzene rings is 1. The third-order valence-electron chi connectivity index (χ3n) is 3.60. The smallest absolute Gasteiger partial charge is 0.238 e. The van der Waals surface area contributed by atoms with Crippen molar-refractivity contribution >= 4 is 17.3 Å². The fraction of sp³-hybridized carbons (Fsp3) is 0.533. The Morgan fingerprint density at radius 2 is 2.05 bits per heavy atom. The molecule has 0 saturated carbocycles. The second kappa shape index (κ2) is 6.22. The van der Waals surface area contributed by atoms with Crippen LogP contribution in [0, 0.1) is 17.7 Å². The minimum Gasteiger partial charge on any atom is -0.397 e. The van der Waals surface area contributed by atoms with E-state index in [1.54, 1.807) is 0 Å². The first kappa shape index (κ1) is 14.8. The third-order valence-corrected chi connectivity index (χ3v) is 3.60. The van der Waals surface area contributed by atoms with Gasteiger partial charge in [0.15, 0.2) is 0 Å². The van der Waals surface area contributed by atoms with Gasteiger partial charge in [0.1, 0.15) is 5.82 Å². The van der Waals surface area contributed by atoms with Crippen LogP contribution in [-0.4, -0.2) is 30.4 Å². The fourth-order valence-electron chi connectivity index (χ4n) is 2.95. The largest absolute Gasteiger partial charge is 0.397 e. The van der Waals surface area contributed by atoms with E-state index in [9.17, 15) is 9.18 Å². The highest BCUT2D eigenvalue weighted by Crippen LogP contribution is 2.22. The number of carbonyl (C=O) groups excluding carboxylic acids is 1. The first-order valence-electron chi connectivity index (χ1n) is 7.01. The molecule has 2 rings (SSSR count). The zero-order valence-corrected chi connectivity index (χ0v) is 12.0. The molecule has 1 fully saturated rings. The highest BCUT2D eigenvalue weighted by Gasteiger charge is 2.23. The lowest BCUT2D eigenvalue weighted by Gasteiger charge is -2.34. The summed E-state index contributed by atoms with van der Waals surface area (Å²) in [6.45, 7) is 6.58. The van der Waals surface area contributed by atoms with E-state index < -0.39 is 5.82 Å². The maximum atomic E-state index is 13.1. The predicted molar refractivity (Wildman–Crippen MR) is 78.8 cm³/mol. The number of nitrogens with zero attached hydrogens (tertiary/aromatic N) is 1. The van der Waals surface area contributed by atoms with Crippen LogP contribution in [-0.2, 0) is 4.79 Å². The molecule has 3 N–H and O–H groups in total. The molecule has 1 saturated heterocycles. The van der Waals surface area contributed by atoms with E-state index in [1.165, 1.54) is 24.6 Å². The maximum Gasteiger partial charge on any atom is 0.238 e. The fourth-order valence-corrected chi connectivity index (χ4v) is 2.95. The van der Waals surface area contributed by atoms with Crippen LogP contribution in [0.4, 0.5) is 15.8 Å². The molecule has 1 aromatic carbocycles. The molecular formula is C15H22FN3O. The molecule has 20 heavy (non-hydrogen) atoms. The van der Waals surface area contributed by atoms with Crippen molar-refractivity contribution < 1.29 is 9.18 Å². The lowest BCUT2D eigenvalue weighted by molar-refractivity contribution is -0.117. The van der Waals surface area contributed by atoms with Crippen LogP contribution in [0.5, 0.6) is 0 Å². The number of rotatable bonds is 3. The Balaban J connectivity index is 1.93. The number of hydrogen-bond donors (Lipinski definition) is 2. The Hall–Kier alpha value is -1.62. The molecule has 1 amide bonds. The number of nitrogens with one attached hydrogen (secondary N) is 1. The summed E-state index contributed by atoms with van der Waals surface area (Å²) in [5.74, 6) is 0.648. The summed E-state index contributed by atoms with van der Waals surface area (Å²) in [7, 11) is 0.